The van der Waals surface area contributed by atoms with E-state index < -0.39 is 0 Å². The highest BCUT2D eigenvalue weighted by Gasteiger charge is 2.36. The van der Waals surface area contributed by atoms with Gasteiger partial charge in [-0.3, -0.25) is 4.79 Å². The summed E-state index contributed by atoms with van der Waals surface area (Å²) in [6, 6.07) is 1.00. The lowest BCUT2D eigenvalue weighted by atomic mass is 9.77. The van der Waals surface area contributed by atoms with Gasteiger partial charge in [-0.05, 0) is 50.9 Å². The summed E-state index contributed by atoms with van der Waals surface area (Å²) in [5.41, 5.74) is 0. The van der Waals surface area contributed by atoms with Crippen molar-refractivity contribution in [1.29, 1.82) is 0 Å². The molecule has 0 aromatic carbocycles. The standard InChI is InChI=1S/C17H32N2O/c1-12(2)11-13(3)19(4)17(20)16-10-9-14-7-5-6-8-15(14)18-16/h12-16,18H,5-11H2,1-4H3. The lowest BCUT2D eigenvalue weighted by Gasteiger charge is -2.41. The molecular formula is C17H32N2O. The van der Waals surface area contributed by atoms with Crippen LogP contribution in [0.15, 0.2) is 0 Å². The van der Waals surface area contributed by atoms with E-state index in [4.69, 9.17) is 0 Å². The third-order valence-electron chi connectivity index (χ3n) is 5.27. The van der Waals surface area contributed by atoms with Crippen LogP contribution >= 0.6 is 0 Å². The molecule has 1 N–H and O–H groups in total. The summed E-state index contributed by atoms with van der Waals surface area (Å²) >= 11 is 0. The fourth-order valence-electron chi connectivity index (χ4n) is 3.99. The molecular weight excluding hydrogens is 248 g/mol. The van der Waals surface area contributed by atoms with Gasteiger partial charge in [0.15, 0.2) is 0 Å². The van der Waals surface area contributed by atoms with Crippen LogP contribution in [-0.4, -0.2) is 36.0 Å². The second-order valence-corrected chi connectivity index (χ2v) is 7.38. The van der Waals surface area contributed by atoms with Gasteiger partial charge in [0.1, 0.15) is 0 Å². The van der Waals surface area contributed by atoms with Crippen molar-refractivity contribution in [3.8, 4) is 0 Å². The number of hydrogen-bond acceptors (Lipinski definition) is 2. The molecule has 0 aromatic rings. The number of piperidine rings is 1. The molecule has 0 aromatic heterocycles. The van der Waals surface area contributed by atoms with Crippen LogP contribution in [0.4, 0.5) is 0 Å². The molecule has 4 unspecified atom stereocenters. The summed E-state index contributed by atoms with van der Waals surface area (Å²) in [4.78, 5) is 14.6. The van der Waals surface area contributed by atoms with Crippen molar-refractivity contribution in [2.75, 3.05) is 7.05 Å². The summed E-state index contributed by atoms with van der Waals surface area (Å²) < 4.78 is 0. The van der Waals surface area contributed by atoms with Crippen LogP contribution in [0, 0.1) is 11.8 Å². The molecule has 1 saturated heterocycles. The van der Waals surface area contributed by atoms with E-state index in [1.165, 1.54) is 32.1 Å². The van der Waals surface area contributed by atoms with Gasteiger partial charge >= 0.3 is 0 Å². The van der Waals surface area contributed by atoms with Gasteiger partial charge in [0.25, 0.3) is 0 Å². The van der Waals surface area contributed by atoms with Gasteiger partial charge in [0.2, 0.25) is 5.91 Å². The third-order valence-corrected chi connectivity index (χ3v) is 5.27. The number of carbonyl (C=O) groups is 1. The summed E-state index contributed by atoms with van der Waals surface area (Å²) in [5.74, 6) is 1.77. The van der Waals surface area contributed by atoms with E-state index in [2.05, 4.69) is 26.1 Å². The number of nitrogens with zero attached hydrogens (tertiary/aromatic N) is 1. The first-order valence-electron chi connectivity index (χ1n) is 8.51. The summed E-state index contributed by atoms with van der Waals surface area (Å²) in [6.07, 6.45) is 8.68. The second kappa shape index (κ2) is 6.93. The zero-order valence-corrected chi connectivity index (χ0v) is 13.7. The van der Waals surface area contributed by atoms with Gasteiger partial charge in [-0.15, -0.1) is 0 Å². The van der Waals surface area contributed by atoms with Crippen molar-refractivity contribution in [3.05, 3.63) is 0 Å². The zero-order valence-electron chi connectivity index (χ0n) is 13.7. The van der Waals surface area contributed by atoms with Gasteiger partial charge in [0.05, 0.1) is 6.04 Å². The van der Waals surface area contributed by atoms with Crippen LogP contribution in [0.1, 0.15) is 65.7 Å². The Morgan fingerprint density at radius 2 is 1.85 bits per heavy atom. The first kappa shape index (κ1) is 15.8. The van der Waals surface area contributed by atoms with E-state index in [9.17, 15) is 4.79 Å². The van der Waals surface area contributed by atoms with Gasteiger partial charge in [-0.25, -0.2) is 0 Å². The molecule has 2 rings (SSSR count). The van der Waals surface area contributed by atoms with Crippen LogP contribution in [0.2, 0.25) is 0 Å². The maximum Gasteiger partial charge on any atom is 0.239 e. The molecule has 2 aliphatic rings. The van der Waals surface area contributed by atoms with Crippen molar-refractivity contribution in [1.82, 2.24) is 10.2 Å². The Labute approximate surface area is 124 Å². The van der Waals surface area contributed by atoms with Crippen LogP contribution in [-0.2, 0) is 4.79 Å². The average molecular weight is 280 g/mol. The SMILES string of the molecule is CC(C)CC(C)N(C)C(=O)C1CCC2CCCCC2N1. The Bertz CT molecular complexity index is 329. The van der Waals surface area contributed by atoms with E-state index in [0.717, 1.165) is 18.8 Å². The zero-order chi connectivity index (χ0) is 14.7. The molecule has 1 amide bonds. The Balaban J connectivity index is 1.89. The first-order valence-corrected chi connectivity index (χ1v) is 8.51. The highest BCUT2D eigenvalue weighted by Crippen LogP contribution is 2.32. The number of nitrogens with one attached hydrogen (secondary N) is 1. The second-order valence-electron chi connectivity index (χ2n) is 7.38. The molecule has 1 heterocycles. The Morgan fingerprint density at radius 1 is 1.15 bits per heavy atom. The predicted molar refractivity (Wildman–Crippen MR) is 83.6 cm³/mol. The van der Waals surface area contributed by atoms with E-state index in [1.54, 1.807) is 0 Å². The van der Waals surface area contributed by atoms with Crippen LogP contribution in [0.3, 0.4) is 0 Å². The quantitative estimate of drug-likeness (QED) is 0.858. The molecule has 2 fully saturated rings. The van der Waals surface area contributed by atoms with Crippen molar-refractivity contribution in [3.63, 3.8) is 0 Å². The number of likely N-dealkylation sites (N-methyl/N-ethyl adjacent to an activating group) is 1. The number of fused-ring (bicyclic) bond motifs is 1. The fraction of sp³-hybridized carbons (Fsp3) is 0.941. The summed E-state index contributed by atoms with van der Waals surface area (Å²) in [6.45, 7) is 6.62. The lowest BCUT2D eigenvalue weighted by molar-refractivity contribution is -0.135. The molecule has 0 spiro atoms. The van der Waals surface area contributed by atoms with Gasteiger partial charge in [-0.1, -0.05) is 26.7 Å². The normalized spacial score (nSPS) is 31.8. The minimum absolute atomic E-state index is 0.0639. The maximum absolute atomic E-state index is 12.7. The monoisotopic (exact) mass is 280 g/mol. The highest BCUT2D eigenvalue weighted by atomic mass is 16.2. The molecule has 3 nitrogen and oxygen atoms in total. The van der Waals surface area contributed by atoms with E-state index in [1.807, 2.05) is 11.9 Å². The molecule has 3 heteroatoms. The maximum atomic E-state index is 12.7. The minimum atomic E-state index is 0.0639. The predicted octanol–water partition coefficient (Wildman–Crippen LogP) is 3.19. The molecule has 1 aliphatic heterocycles. The van der Waals surface area contributed by atoms with Gasteiger partial charge < -0.3 is 10.2 Å². The van der Waals surface area contributed by atoms with Crippen LogP contribution in [0.25, 0.3) is 0 Å². The minimum Gasteiger partial charge on any atom is -0.342 e. The number of rotatable bonds is 4. The Hall–Kier alpha value is -0.570. The molecule has 20 heavy (non-hydrogen) atoms. The average Bonchev–Trinajstić information content (AvgIpc) is 2.44. The van der Waals surface area contributed by atoms with Crippen molar-refractivity contribution >= 4 is 5.91 Å². The first-order chi connectivity index (χ1) is 9.49. The van der Waals surface area contributed by atoms with E-state index in [0.29, 0.717) is 23.9 Å². The molecule has 1 aliphatic carbocycles. The molecule has 1 saturated carbocycles. The molecule has 0 bridgehead atoms. The van der Waals surface area contributed by atoms with Gasteiger partial charge in [0, 0.05) is 19.1 Å². The van der Waals surface area contributed by atoms with Crippen LogP contribution in [0.5, 0.6) is 0 Å². The van der Waals surface area contributed by atoms with Crippen LogP contribution < -0.4 is 5.32 Å². The number of carbonyl (C=O) groups excluding carboxylic acids is 1. The van der Waals surface area contributed by atoms with E-state index in [-0.39, 0.29) is 6.04 Å². The number of hydrogen-bond donors (Lipinski definition) is 1. The topological polar surface area (TPSA) is 32.3 Å². The van der Waals surface area contributed by atoms with Crippen molar-refractivity contribution in [2.24, 2.45) is 11.8 Å². The third kappa shape index (κ3) is 3.75. The van der Waals surface area contributed by atoms with Crippen molar-refractivity contribution in [2.45, 2.75) is 83.8 Å². The molecule has 4 atom stereocenters. The van der Waals surface area contributed by atoms with E-state index >= 15 is 0 Å². The molecule has 0 radical (unpaired) electrons. The lowest BCUT2D eigenvalue weighted by Crippen LogP contribution is -2.56. The number of amides is 1. The largest absolute Gasteiger partial charge is 0.342 e. The summed E-state index contributed by atoms with van der Waals surface area (Å²) in [7, 11) is 1.98. The Morgan fingerprint density at radius 3 is 2.55 bits per heavy atom. The summed E-state index contributed by atoms with van der Waals surface area (Å²) in [5, 5.41) is 3.65. The smallest absolute Gasteiger partial charge is 0.239 e. The van der Waals surface area contributed by atoms with Gasteiger partial charge in [-0.2, -0.15) is 0 Å². The fourth-order valence-corrected chi connectivity index (χ4v) is 3.99. The highest BCUT2D eigenvalue weighted by molar-refractivity contribution is 5.82. The Kier molecular flexibility index (Phi) is 5.48. The van der Waals surface area contributed by atoms with Crippen molar-refractivity contribution < 1.29 is 4.79 Å². The molecule has 116 valence electrons.